The van der Waals surface area contributed by atoms with E-state index in [2.05, 4.69) is 15.9 Å². The molecule has 0 N–H and O–H groups in total. The van der Waals surface area contributed by atoms with Gasteiger partial charge in [0.05, 0.1) is 15.8 Å². The van der Waals surface area contributed by atoms with Crippen LogP contribution in [-0.4, -0.2) is 43.3 Å². The van der Waals surface area contributed by atoms with Gasteiger partial charge in [-0.1, -0.05) is 34.5 Å². The molecule has 0 atom stereocenters. The molecule has 2 rings (SSSR count). The van der Waals surface area contributed by atoms with Crippen LogP contribution in [0.15, 0.2) is 22.7 Å². The number of hydrogen-bond donors (Lipinski definition) is 0. The molecule has 1 aliphatic heterocycles. The van der Waals surface area contributed by atoms with Gasteiger partial charge in [0.25, 0.3) is 5.91 Å². The van der Waals surface area contributed by atoms with Gasteiger partial charge in [0.1, 0.15) is 0 Å². The van der Waals surface area contributed by atoms with E-state index in [-0.39, 0.29) is 24.7 Å². The third kappa shape index (κ3) is 2.95. The molecule has 1 amide bonds. The standard InChI is InChI=1S/C12H13BrClNO3S/c1-2-19(17,18)9-6-15(7-9)12(16)10-5-8(13)3-4-11(10)14/h3-5,9H,2,6-7H2,1H3. The lowest BCUT2D eigenvalue weighted by atomic mass is 10.1. The first kappa shape index (κ1) is 14.8. The molecule has 19 heavy (non-hydrogen) atoms. The van der Waals surface area contributed by atoms with E-state index in [1.165, 1.54) is 4.90 Å². The Morgan fingerprint density at radius 1 is 1.47 bits per heavy atom. The summed E-state index contributed by atoms with van der Waals surface area (Å²) < 4.78 is 24.0. The van der Waals surface area contributed by atoms with Crippen molar-refractivity contribution in [2.45, 2.75) is 12.2 Å². The van der Waals surface area contributed by atoms with Crippen LogP contribution in [0.4, 0.5) is 0 Å². The Bertz CT molecular complexity index is 611. The quantitative estimate of drug-likeness (QED) is 0.825. The lowest BCUT2D eigenvalue weighted by Crippen LogP contribution is -2.57. The van der Waals surface area contributed by atoms with E-state index >= 15 is 0 Å². The molecule has 0 unspecified atom stereocenters. The van der Waals surface area contributed by atoms with Gasteiger partial charge in [-0.05, 0) is 18.2 Å². The minimum absolute atomic E-state index is 0.108. The van der Waals surface area contributed by atoms with E-state index in [1.54, 1.807) is 25.1 Å². The molecule has 0 aliphatic carbocycles. The predicted octanol–water partition coefficient (Wildman–Crippen LogP) is 2.36. The van der Waals surface area contributed by atoms with E-state index in [0.29, 0.717) is 10.6 Å². The van der Waals surface area contributed by atoms with Crippen molar-refractivity contribution in [1.82, 2.24) is 4.90 Å². The van der Waals surface area contributed by atoms with Crippen LogP contribution in [-0.2, 0) is 9.84 Å². The number of halogens is 2. The Kier molecular flexibility index (Phi) is 4.23. The van der Waals surface area contributed by atoms with E-state index in [9.17, 15) is 13.2 Å². The Morgan fingerprint density at radius 3 is 2.68 bits per heavy atom. The fourth-order valence-electron chi connectivity index (χ4n) is 1.90. The van der Waals surface area contributed by atoms with Gasteiger partial charge in [-0.25, -0.2) is 8.42 Å². The van der Waals surface area contributed by atoms with Crippen molar-refractivity contribution < 1.29 is 13.2 Å². The number of carbonyl (C=O) groups is 1. The summed E-state index contributed by atoms with van der Waals surface area (Å²) in [6, 6.07) is 5.03. The summed E-state index contributed by atoms with van der Waals surface area (Å²) in [4.78, 5) is 13.7. The van der Waals surface area contributed by atoms with Crippen LogP contribution in [0.1, 0.15) is 17.3 Å². The molecule has 0 spiro atoms. The van der Waals surface area contributed by atoms with E-state index in [1.807, 2.05) is 0 Å². The molecule has 1 aromatic rings. The zero-order valence-corrected chi connectivity index (χ0v) is 13.4. The second-order valence-corrected chi connectivity index (χ2v) is 8.30. The van der Waals surface area contributed by atoms with Crippen molar-refractivity contribution in [3.63, 3.8) is 0 Å². The Balaban J connectivity index is 2.10. The number of sulfone groups is 1. The number of rotatable bonds is 3. The first-order chi connectivity index (χ1) is 8.85. The molecule has 0 aromatic heterocycles. The summed E-state index contributed by atoms with van der Waals surface area (Å²) in [5, 5.41) is -0.0672. The van der Waals surface area contributed by atoms with E-state index in [4.69, 9.17) is 11.6 Å². The number of hydrogen-bond acceptors (Lipinski definition) is 3. The third-order valence-corrected chi connectivity index (χ3v) is 6.15. The zero-order valence-electron chi connectivity index (χ0n) is 10.3. The number of amides is 1. The van der Waals surface area contributed by atoms with Crippen molar-refractivity contribution in [2.75, 3.05) is 18.8 Å². The van der Waals surface area contributed by atoms with Crippen molar-refractivity contribution in [3.05, 3.63) is 33.3 Å². The van der Waals surface area contributed by atoms with Gasteiger partial charge in [0.2, 0.25) is 0 Å². The second kappa shape index (κ2) is 5.42. The molecule has 1 heterocycles. The lowest BCUT2D eigenvalue weighted by molar-refractivity contribution is 0.0659. The molecule has 1 aromatic carbocycles. The van der Waals surface area contributed by atoms with Gasteiger partial charge < -0.3 is 4.90 Å². The number of nitrogens with zero attached hydrogens (tertiary/aromatic N) is 1. The topological polar surface area (TPSA) is 54.5 Å². The van der Waals surface area contributed by atoms with Crippen molar-refractivity contribution >= 4 is 43.3 Å². The highest BCUT2D eigenvalue weighted by Gasteiger charge is 2.39. The van der Waals surface area contributed by atoms with Crippen molar-refractivity contribution in [2.24, 2.45) is 0 Å². The Hall–Kier alpha value is -0.590. The molecule has 1 saturated heterocycles. The number of carbonyl (C=O) groups excluding carboxylic acids is 1. The van der Waals surface area contributed by atoms with E-state index in [0.717, 1.165) is 4.47 Å². The molecule has 104 valence electrons. The normalized spacial score (nSPS) is 16.3. The monoisotopic (exact) mass is 365 g/mol. The Morgan fingerprint density at radius 2 is 2.11 bits per heavy atom. The second-order valence-electron chi connectivity index (χ2n) is 4.41. The molecule has 0 saturated carbocycles. The van der Waals surface area contributed by atoms with Crippen molar-refractivity contribution in [3.8, 4) is 0 Å². The highest BCUT2D eigenvalue weighted by Crippen LogP contribution is 2.26. The summed E-state index contributed by atoms with van der Waals surface area (Å²) in [7, 11) is -3.06. The highest BCUT2D eigenvalue weighted by molar-refractivity contribution is 9.10. The largest absolute Gasteiger partial charge is 0.336 e. The van der Waals surface area contributed by atoms with Crippen LogP contribution in [0.5, 0.6) is 0 Å². The molecular weight excluding hydrogens is 354 g/mol. The number of benzene rings is 1. The maximum Gasteiger partial charge on any atom is 0.255 e. The summed E-state index contributed by atoms with van der Waals surface area (Å²) in [5.41, 5.74) is 0.392. The van der Waals surface area contributed by atoms with Gasteiger partial charge >= 0.3 is 0 Å². The van der Waals surface area contributed by atoms with Crippen LogP contribution in [0, 0.1) is 0 Å². The minimum atomic E-state index is -3.06. The summed E-state index contributed by atoms with van der Waals surface area (Å²) in [5.74, 6) is -0.119. The van der Waals surface area contributed by atoms with E-state index < -0.39 is 15.1 Å². The molecular formula is C12H13BrClNO3S. The minimum Gasteiger partial charge on any atom is -0.336 e. The molecule has 1 fully saturated rings. The van der Waals surface area contributed by atoms with Crippen LogP contribution in [0.25, 0.3) is 0 Å². The average Bonchev–Trinajstić information content (AvgIpc) is 2.30. The van der Waals surface area contributed by atoms with Gasteiger partial charge in [0.15, 0.2) is 9.84 Å². The molecule has 4 nitrogen and oxygen atoms in total. The predicted molar refractivity (Wildman–Crippen MR) is 78.3 cm³/mol. The third-order valence-electron chi connectivity index (χ3n) is 3.20. The summed E-state index contributed by atoms with van der Waals surface area (Å²) >= 11 is 9.27. The van der Waals surface area contributed by atoms with Crippen LogP contribution >= 0.6 is 27.5 Å². The van der Waals surface area contributed by atoms with Crippen LogP contribution in [0.3, 0.4) is 0 Å². The van der Waals surface area contributed by atoms with Gasteiger partial charge in [0, 0.05) is 23.3 Å². The molecule has 7 heteroatoms. The lowest BCUT2D eigenvalue weighted by Gasteiger charge is -2.38. The maximum atomic E-state index is 12.2. The van der Waals surface area contributed by atoms with Crippen LogP contribution < -0.4 is 0 Å². The highest BCUT2D eigenvalue weighted by atomic mass is 79.9. The fraction of sp³-hybridized carbons (Fsp3) is 0.417. The van der Waals surface area contributed by atoms with Crippen molar-refractivity contribution in [1.29, 1.82) is 0 Å². The molecule has 1 aliphatic rings. The smallest absolute Gasteiger partial charge is 0.255 e. The maximum absolute atomic E-state index is 12.2. The fourth-order valence-corrected chi connectivity index (χ4v) is 3.74. The SMILES string of the molecule is CCS(=O)(=O)C1CN(C(=O)c2cc(Br)ccc2Cl)C1. The van der Waals surface area contributed by atoms with Crippen LogP contribution in [0.2, 0.25) is 5.02 Å². The zero-order chi connectivity index (χ0) is 14.2. The first-order valence-electron chi connectivity index (χ1n) is 5.81. The summed E-state index contributed by atoms with van der Waals surface area (Å²) in [6.07, 6.45) is 0. The Labute approximate surface area is 125 Å². The molecule has 0 bridgehead atoms. The van der Waals surface area contributed by atoms with Gasteiger partial charge in [-0.3, -0.25) is 4.79 Å². The number of likely N-dealkylation sites (tertiary alicyclic amines) is 1. The summed E-state index contributed by atoms with van der Waals surface area (Å²) in [6.45, 7) is 2.11. The first-order valence-corrected chi connectivity index (χ1v) is 8.69. The van der Waals surface area contributed by atoms with Gasteiger partial charge in [-0.15, -0.1) is 0 Å². The molecule has 0 radical (unpaired) electrons. The van der Waals surface area contributed by atoms with Gasteiger partial charge in [-0.2, -0.15) is 0 Å². The average molecular weight is 367 g/mol.